The molecule has 0 spiro atoms. The first-order valence-electron chi connectivity index (χ1n) is 9.05. The van der Waals surface area contributed by atoms with E-state index in [1.165, 1.54) is 6.20 Å². The van der Waals surface area contributed by atoms with Gasteiger partial charge in [-0.15, -0.1) is 0 Å². The van der Waals surface area contributed by atoms with Gasteiger partial charge in [-0.05, 0) is 25.0 Å². The van der Waals surface area contributed by atoms with Crippen LogP contribution in [0.1, 0.15) is 17.8 Å². The molecule has 0 N–H and O–H groups in total. The van der Waals surface area contributed by atoms with E-state index in [-0.39, 0.29) is 0 Å². The molecule has 6 heteroatoms. The van der Waals surface area contributed by atoms with Crippen LogP contribution in [0, 0.1) is 17.3 Å². The number of fused-ring (bicyclic) bond motifs is 2. The number of pyridine rings is 2. The number of para-hydroxylation sites is 1. The molecule has 1 aliphatic heterocycles. The Labute approximate surface area is 156 Å². The van der Waals surface area contributed by atoms with Gasteiger partial charge < -0.3 is 10.4 Å². The summed E-state index contributed by atoms with van der Waals surface area (Å²) in [6, 6.07) is 14.9. The summed E-state index contributed by atoms with van der Waals surface area (Å²) in [5, 5.41) is 30.6. The fraction of sp³-hybridized carbons (Fsp3) is 0.190. The molecule has 5 rings (SSSR count). The summed E-state index contributed by atoms with van der Waals surface area (Å²) in [6.07, 6.45) is 3.47. The fourth-order valence-electron chi connectivity index (χ4n) is 4.00. The lowest BCUT2D eigenvalue weighted by molar-refractivity contribution is -0.600. The van der Waals surface area contributed by atoms with Crippen LogP contribution in [0.3, 0.4) is 0 Å². The predicted molar refractivity (Wildman–Crippen MR) is 102 cm³/mol. The molecule has 134 valence electrons. The summed E-state index contributed by atoms with van der Waals surface area (Å²) < 4.78 is 3.81. The molecule has 27 heavy (non-hydrogen) atoms. The number of aryl methyl sites for hydroxylation is 2. The third-order valence-corrected chi connectivity index (χ3v) is 5.29. The standard InChI is InChI=1S/C21H18N4O2/c1-14-6-4-9-19(25(14)27)21-20(18-10-5-12-23(18)22-21)16-11-13-24(26)17-8-3-2-7-15(16)17/h2-4,6-9,11,13H,5,10,12H2,1H3. The van der Waals surface area contributed by atoms with Crippen LogP contribution < -0.4 is 9.46 Å². The SMILES string of the molecule is Cc1cccc(-c2nn3c(c2-c2cc[n+]([O-])c4ccccc24)CCC3)[n+]1[O-]. The van der Waals surface area contributed by atoms with Crippen molar-refractivity contribution >= 4 is 10.9 Å². The monoisotopic (exact) mass is 358 g/mol. The van der Waals surface area contributed by atoms with Crippen molar-refractivity contribution in [3.8, 4) is 22.5 Å². The Morgan fingerprint density at radius 3 is 2.78 bits per heavy atom. The van der Waals surface area contributed by atoms with E-state index in [1.54, 1.807) is 19.1 Å². The Bertz CT molecular complexity index is 1200. The Kier molecular flexibility index (Phi) is 3.40. The van der Waals surface area contributed by atoms with Gasteiger partial charge in [0.15, 0.2) is 17.6 Å². The molecule has 0 saturated heterocycles. The van der Waals surface area contributed by atoms with Crippen LogP contribution in [0.5, 0.6) is 0 Å². The normalized spacial score (nSPS) is 13.2. The van der Waals surface area contributed by atoms with Crippen LogP contribution in [0.25, 0.3) is 33.4 Å². The van der Waals surface area contributed by atoms with Crippen molar-refractivity contribution in [2.45, 2.75) is 26.3 Å². The van der Waals surface area contributed by atoms with Gasteiger partial charge >= 0.3 is 0 Å². The summed E-state index contributed by atoms with van der Waals surface area (Å²) in [6.45, 7) is 2.64. The molecule has 6 nitrogen and oxygen atoms in total. The lowest BCUT2D eigenvalue weighted by Gasteiger charge is -2.10. The van der Waals surface area contributed by atoms with Crippen LogP contribution in [0.4, 0.5) is 0 Å². The second-order valence-electron chi connectivity index (χ2n) is 6.92. The van der Waals surface area contributed by atoms with E-state index in [1.807, 2.05) is 41.1 Å². The topological polar surface area (TPSA) is 71.7 Å². The van der Waals surface area contributed by atoms with Gasteiger partial charge in [-0.2, -0.15) is 14.6 Å². The van der Waals surface area contributed by atoms with Crippen molar-refractivity contribution < 1.29 is 9.46 Å². The van der Waals surface area contributed by atoms with E-state index in [0.717, 1.165) is 51.1 Å². The summed E-state index contributed by atoms with van der Waals surface area (Å²) >= 11 is 0. The molecule has 0 saturated carbocycles. The van der Waals surface area contributed by atoms with Crippen molar-refractivity contribution in [2.24, 2.45) is 0 Å². The second-order valence-corrected chi connectivity index (χ2v) is 6.92. The highest BCUT2D eigenvalue weighted by molar-refractivity contribution is 5.97. The fourth-order valence-corrected chi connectivity index (χ4v) is 4.00. The van der Waals surface area contributed by atoms with Crippen LogP contribution >= 0.6 is 0 Å². The van der Waals surface area contributed by atoms with Gasteiger partial charge in [-0.1, -0.05) is 12.1 Å². The van der Waals surface area contributed by atoms with Crippen molar-refractivity contribution in [3.05, 3.63) is 76.5 Å². The van der Waals surface area contributed by atoms with Gasteiger partial charge in [0.25, 0.3) is 0 Å². The average Bonchev–Trinajstić information content (AvgIpc) is 3.26. The van der Waals surface area contributed by atoms with E-state index < -0.39 is 0 Å². The average molecular weight is 358 g/mol. The zero-order valence-corrected chi connectivity index (χ0v) is 14.9. The maximum Gasteiger partial charge on any atom is 0.245 e. The van der Waals surface area contributed by atoms with Crippen molar-refractivity contribution in [3.63, 3.8) is 0 Å². The molecule has 3 aromatic heterocycles. The summed E-state index contributed by atoms with van der Waals surface area (Å²) in [5.41, 5.74) is 5.48. The van der Waals surface area contributed by atoms with Gasteiger partial charge in [0.05, 0.1) is 5.39 Å². The first-order valence-corrected chi connectivity index (χ1v) is 9.05. The lowest BCUT2D eigenvalue weighted by atomic mass is 9.96. The molecule has 0 amide bonds. The number of hydrogen-bond donors (Lipinski definition) is 0. The highest BCUT2D eigenvalue weighted by atomic mass is 16.5. The van der Waals surface area contributed by atoms with E-state index in [2.05, 4.69) is 0 Å². The third kappa shape index (κ3) is 2.30. The largest absolute Gasteiger partial charge is 0.618 e. The van der Waals surface area contributed by atoms with Gasteiger partial charge in [-0.25, -0.2) is 0 Å². The van der Waals surface area contributed by atoms with E-state index in [4.69, 9.17) is 5.10 Å². The minimum Gasteiger partial charge on any atom is -0.618 e. The Morgan fingerprint density at radius 2 is 1.89 bits per heavy atom. The lowest BCUT2D eigenvalue weighted by Crippen LogP contribution is -2.32. The van der Waals surface area contributed by atoms with E-state index >= 15 is 0 Å². The molecule has 0 atom stereocenters. The van der Waals surface area contributed by atoms with Crippen LogP contribution in [-0.4, -0.2) is 9.78 Å². The van der Waals surface area contributed by atoms with Gasteiger partial charge in [0, 0.05) is 54.6 Å². The highest BCUT2D eigenvalue weighted by Crippen LogP contribution is 2.39. The maximum atomic E-state index is 12.7. The zero-order valence-electron chi connectivity index (χ0n) is 14.9. The van der Waals surface area contributed by atoms with Crippen molar-refractivity contribution in [1.82, 2.24) is 9.78 Å². The number of aromatic nitrogens is 4. The molecule has 0 fully saturated rings. The molecule has 0 radical (unpaired) electrons. The smallest absolute Gasteiger partial charge is 0.245 e. The summed E-state index contributed by atoms with van der Waals surface area (Å²) in [4.78, 5) is 0. The third-order valence-electron chi connectivity index (χ3n) is 5.29. The molecular weight excluding hydrogens is 340 g/mol. The molecular formula is C21H18N4O2. The minimum atomic E-state index is 0.537. The van der Waals surface area contributed by atoms with Crippen LogP contribution in [0.2, 0.25) is 0 Å². The number of benzene rings is 1. The first-order chi connectivity index (χ1) is 13.1. The minimum absolute atomic E-state index is 0.537. The maximum absolute atomic E-state index is 12.7. The molecule has 1 aromatic carbocycles. The van der Waals surface area contributed by atoms with E-state index in [0.29, 0.717) is 22.6 Å². The molecule has 0 unspecified atom stereocenters. The molecule has 0 aliphatic carbocycles. The Morgan fingerprint density at radius 1 is 1.04 bits per heavy atom. The zero-order chi connectivity index (χ0) is 18.5. The van der Waals surface area contributed by atoms with Crippen molar-refractivity contribution in [1.29, 1.82) is 0 Å². The summed E-state index contributed by atoms with van der Waals surface area (Å²) in [5.74, 6) is 0. The second kappa shape index (κ2) is 5.81. The van der Waals surface area contributed by atoms with Crippen LogP contribution in [-0.2, 0) is 13.0 Å². The van der Waals surface area contributed by atoms with Gasteiger partial charge in [0.2, 0.25) is 11.2 Å². The molecule has 4 heterocycles. The Balaban J connectivity index is 1.86. The highest BCUT2D eigenvalue weighted by Gasteiger charge is 2.29. The van der Waals surface area contributed by atoms with Gasteiger partial charge in [0.1, 0.15) is 0 Å². The number of rotatable bonds is 2. The summed E-state index contributed by atoms with van der Waals surface area (Å²) in [7, 11) is 0. The molecule has 0 bridgehead atoms. The number of nitrogens with zero attached hydrogens (tertiary/aromatic N) is 4. The van der Waals surface area contributed by atoms with Gasteiger partial charge in [-0.3, -0.25) is 4.68 Å². The van der Waals surface area contributed by atoms with Crippen LogP contribution in [0.15, 0.2) is 54.7 Å². The predicted octanol–water partition coefficient (Wildman–Crippen LogP) is 2.89. The molecule has 4 aromatic rings. The Hall–Kier alpha value is -3.41. The first kappa shape index (κ1) is 15.8. The van der Waals surface area contributed by atoms with Crippen molar-refractivity contribution in [2.75, 3.05) is 0 Å². The quantitative estimate of drug-likeness (QED) is 0.409. The molecule has 1 aliphatic rings. The van der Waals surface area contributed by atoms with E-state index in [9.17, 15) is 10.4 Å². The number of hydrogen-bond acceptors (Lipinski definition) is 3.